The van der Waals surface area contributed by atoms with Crippen LogP contribution in [0.25, 0.3) is 0 Å². The van der Waals surface area contributed by atoms with Crippen LogP contribution in [0.2, 0.25) is 0 Å². The van der Waals surface area contributed by atoms with E-state index in [4.69, 9.17) is 10.00 Å². The van der Waals surface area contributed by atoms with Gasteiger partial charge in [0.25, 0.3) is 0 Å². The Morgan fingerprint density at radius 1 is 1.33 bits per heavy atom. The molecule has 0 aliphatic carbocycles. The molecule has 0 saturated heterocycles. The fraction of sp³-hybridized carbons (Fsp3) is 0.188. The van der Waals surface area contributed by atoms with E-state index in [0.29, 0.717) is 5.75 Å². The quantitative estimate of drug-likeness (QED) is 0.887. The van der Waals surface area contributed by atoms with Gasteiger partial charge in [-0.3, -0.25) is 0 Å². The van der Waals surface area contributed by atoms with Crippen molar-refractivity contribution in [2.75, 3.05) is 19.0 Å². The van der Waals surface area contributed by atoms with Gasteiger partial charge in [-0.1, -0.05) is 12.1 Å². The molecule has 1 atom stereocenters. The molecule has 2 aromatic carbocycles. The SMILES string of the molecule is COc1cccc([C@H](CO)Nc2ccc(C#N)cc2F)c1. The van der Waals surface area contributed by atoms with Gasteiger partial charge in [-0.15, -0.1) is 0 Å². The highest BCUT2D eigenvalue weighted by atomic mass is 19.1. The zero-order valence-electron chi connectivity index (χ0n) is 11.5. The number of aliphatic hydroxyl groups is 1. The van der Waals surface area contributed by atoms with Crippen LogP contribution in [0.1, 0.15) is 17.2 Å². The molecule has 2 N–H and O–H groups in total. The zero-order valence-corrected chi connectivity index (χ0v) is 11.5. The van der Waals surface area contributed by atoms with E-state index in [9.17, 15) is 9.50 Å². The number of nitrogens with one attached hydrogen (secondary N) is 1. The number of nitriles is 1. The topological polar surface area (TPSA) is 65.3 Å². The highest BCUT2D eigenvalue weighted by Gasteiger charge is 2.13. The van der Waals surface area contributed by atoms with Crippen molar-refractivity contribution in [2.45, 2.75) is 6.04 Å². The molecule has 4 nitrogen and oxygen atoms in total. The van der Waals surface area contributed by atoms with Gasteiger partial charge in [-0.25, -0.2) is 4.39 Å². The molecule has 108 valence electrons. The van der Waals surface area contributed by atoms with Crippen molar-refractivity contribution in [3.05, 3.63) is 59.4 Å². The second-order valence-electron chi connectivity index (χ2n) is 4.46. The normalized spacial score (nSPS) is 11.5. The van der Waals surface area contributed by atoms with Gasteiger partial charge in [0.05, 0.1) is 37.1 Å². The van der Waals surface area contributed by atoms with Gasteiger partial charge in [0, 0.05) is 0 Å². The molecule has 0 unspecified atom stereocenters. The van der Waals surface area contributed by atoms with E-state index in [1.807, 2.05) is 12.1 Å². The number of ether oxygens (including phenoxy) is 1. The van der Waals surface area contributed by atoms with Crippen LogP contribution in [0, 0.1) is 17.1 Å². The van der Waals surface area contributed by atoms with Gasteiger partial charge < -0.3 is 15.2 Å². The zero-order chi connectivity index (χ0) is 15.2. The fourth-order valence-corrected chi connectivity index (χ4v) is 1.98. The molecule has 0 amide bonds. The molecule has 0 fully saturated rings. The van der Waals surface area contributed by atoms with E-state index in [-0.39, 0.29) is 17.9 Å². The van der Waals surface area contributed by atoms with Gasteiger partial charge in [0.1, 0.15) is 11.6 Å². The average molecular weight is 286 g/mol. The molecular weight excluding hydrogens is 271 g/mol. The van der Waals surface area contributed by atoms with Crippen molar-refractivity contribution >= 4 is 5.69 Å². The average Bonchev–Trinajstić information content (AvgIpc) is 2.53. The Morgan fingerprint density at radius 3 is 2.76 bits per heavy atom. The van der Waals surface area contributed by atoms with Crippen LogP contribution < -0.4 is 10.1 Å². The predicted molar refractivity (Wildman–Crippen MR) is 77.6 cm³/mol. The number of aliphatic hydroxyl groups excluding tert-OH is 1. The maximum atomic E-state index is 13.9. The molecular formula is C16H15FN2O2. The largest absolute Gasteiger partial charge is 0.497 e. The molecule has 0 aromatic heterocycles. The van der Waals surface area contributed by atoms with Crippen LogP contribution in [-0.2, 0) is 0 Å². The van der Waals surface area contributed by atoms with Crippen LogP contribution >= 0.6 is 0 Å². The first-order valence-corrected chi connectivity index (χ1v) is 6.39. The van der Waals surface area contributed by atoms with Gasteiger partial charge in [0.2, 0.25) is 0 Å². The minimum absolute atomic E-state index is 0.202. The summed E-state index contributed by atoms with van der Waals surface area (Å²) in [4.78, 5) is 0. The molecule has 0 spiro atoms. The lowest BCUT2D eigenvalue weighted by atomic mass is 10.1. The number of anilines is 1. The van der Waals surface area contributed by atoms with Crippen LogP contribution in [-0.4, -0.2) is 18.8 Å². The van der Waals surface area contributed by atoms with Crippen molar-refractivity contribution in [1.29, 1.82) is 5.26 Å². The summed E-state index contributed by atoms with van der Waals surface area (Å²) in [6, 6.07) is 12.7. The van der Waals surface area contributed by atoms with Gasteiger partial charge in [-0.05, 0) is 35.9 Å². The van der Waals surface area contributed by atoms with Crippen LogP contribution in [0.15, 0.2) is 42.5 Å². The molecule has 0 aliphatic rings. The standard InChI is InChI=1S/C16H15FN2O2/c1-21-13-4-2-3-12(8-13)16(10-20)19-15-6-5-11(9-18)7-14(15)17/h2-8,16,19-20H,10H2,1H3/t16-/m0/s1. The second kappa shape index (κ2) is 6.73. The third kappa shape index (κ3) is 3.50. The second-order valence-corrected chi connectivity index (χ2v) is 4.46. The van der Waals surface area contributed by atoms with Gasteiger partial charge in [-0.2, -0.15) is 5.26 Å². The van der Waals surface area contributed by atoms with Crippen molar-refractivity contribution in [2.24, 2.45) is 0 Å². The molecule has 0 bridgehead atoms. The lowest BCUT2D eigenvalue weighted by Gasteiger charge is -2.19. The van der Waals surface area contributed by atoms with Crippen molar-refractivity contribution in [3.8, 4) is 11.8 Å². The molecule has 0 heterocycles. The van der Waals surface area contributed by atoms with E-state index in [0.717, 1.165) is 11.6 Å². The first kappa shape index (κ1) is 14.8. The van der Waals surface area contributed by atoms with Crippen LogP contribution in [0.5, 0.6) is 5.75 Å². The molecule has 2 rings (SSSR count). The van der Waals surface area contributed by atoms with E-state index >= 15 is 0 Å². The summed E-state index contributed by atoms with van der Waals surface area (Å²) in [7, 11) is 1.56. The molecule has 0 radical (unpaired) electrons. The fourth-order valence-electron chi connectivity index (χ4n) is 1.98. The van der Waals surface area contributed by atoms with E-state index in [1.54, 1.807) is 25.3 Å². The summed E-state index contributed by atoms with van der Waals surface area (Å²) in [5.74, 6) is 0.128. The molecule has 21 heavy (non-hydrogen) atoms. The number of rotatable bonds is 5. The van der Waals surface area contributed by atoms with Crippen LogP contribution in [0.3, 0.4) is 0 Å². The van der Waals surface area contributed by atoms with Crippen molar-refractivity contribution < 1.29 is 14.2 Å². The van der Waals surface area contributed by atoms with Gasteiger partial charge >= 0.3 is 0 Å². The lowest BCUT2D eigenvalue weighted by molar-refractivity contribution is 0.276. The summed E-state index contributed by atoms with van der Waals surface area (Å²) in [6.07, 6.45) is 0. The minimum Gasteiger partial charge on any atom is -0.497 e. The summed E-state index contributed by atoms with van der Waals surface area (Å²) < 4.78 is 19.0. The summed E-state index contributed by atoms with van der Waals surface area (Å²) in [6.45, 7) is -0.202. The number of nitrogens with zero attached hydrogens (tertiary/aromatic N) is 1. The van der Waals surface area contributed by atoms with Crippen molar-refractivity contribution in [1.82, 2.24) is 0 Å². The predicted octanol–water partition coefficient (Wildman–Crippen LogP) is 2.85. The Balaban J connectivity index is 2.24. The maximum Gasteiger partial charge on any atom is 0.147 e. The summed E-state index contributed by atoms with van der Waals surface area (Å²) in [5, 5.41) is 21.2. The third-order valence-electron chi connectivity index (χ3n) is 3.11. The highest BCUT2D eigenvalue weighted by Crippen LogP contribution is 2.24. The number of benzene rings is 2. The van der Waals surface area contributed by atoms with E-state index in [2.05, 4.69) is 5.32 Å². The molecule has 0 saturated carbocycles. The lowest BCUT2D eigenvalue weighted by Crippen LogP contribution is -2.15. The van der Waals surface area contributed by atoms with Crippen molar-refractivity contribution in [3.63, 3.8) is 0 Å². The smallest absolute Gasteiger partial charge is 0.147 e. The highest BCUT2D eigenvalue weighted by molar-refractivity contribution is 5.50. The van der Waals surface area contributed by atoms with Crippen LogP contribution in [0.4, 0.5) is 10.1 Å². The van der Waals surface area contributed by atoms with E-state index in [1.165, 1.54) is 12.1 Å². The number of halogens is 1. The first-order chi connectivity index (χ1) is 10.2. The Hall–Kier alpha value is -2.58. The monoisotopic (exact) mass is 286 g/mol. The van der Waals surface area contributed by atoms with E-state index < -0.39 is 11.9 Å². The Bertz CT molecular complexity index is 668. The first-order valence-electron chi connectivity index (χ1n) is 6.39. The minimum atomic E-state index is -0.532. The Kier molecular flexibility index (Phi) is 4.75. The Morgan fingerprint density at radius 2 is 2.14 bits per heavy atom. The molecule has 2 aromatic rings. The Labute approximate surface area is 122 Å². The third-order valence-corrected chi connectivity index (χ3v) is 3.11. The van der Waals surface area contributed by atoms with Gasteiger partial charge in [0.15, 0.2) is 0 Å². The summed E-state index contributed by atoms with van der Waals surface area (Å²) >= 11 is 0. The number of methoxy groups -OCH3 is 1. The maximum absolute atomic E-state index is 13.9. The summed E-state index contributed by atoms with van der Waals surface area (Å²) in [5.41, 5.74) is 1.26. The molecule has 0 aliphatic heterocycles. The molecule has 5 heteroatoms. The number of hydrogen-bond donors (Lipinski definition) is 2. The number of hydrogen-bond acceptors (Lipinski definition) is 4.